The van der Waals surface area contributed by atoms with Gasteiger partial charge in [0, 0.05) is 31.7 Å². The molecule has 0 saturated carbocycles. The second-order valence-electron chi connectivity index (χ2n) is 8.50. The van der Waals surface area contributed by atoms with Crippen LogP contribution in [0.3, 0.4) is 0 Å². The van der Waals surface area contributed by atoms with Crippen LogP contribution in [0.5, 0.6) is 0 Å². The molecule has 1 aromatic carbocycles. The highest BCUT2D eigenvalue weighted by molar-refractivity contribution is 7.99. The van der Waals surface area contributed by atoms with Gasteiger partial charge in [0.15, 0.2) is 5.16 Å². The van der Waals surface area contributed by atoms with Gasteiger partial charge < -0.3 is 9.88 Å². The summed E-state index contributed by atoms with van der Waals surface area (Å²) < 4.78 is 30.2. The maximum atomic E-state index is 13.2. The van der Waals surface area contributed by atoms with Crippen LogP contribution in [0, 0.1) is 6.92 Å². The predicted molar refractivity (Wildman–Crippen MR) is 125 cm³/mol. The number of carbonyl (C=O) groups is 1. The van der Waals surface area contributed by atoms with Crippen LogP contribution in [0.15, 0.2) is 28.3 Å². The third kappa shape index (κ3) is 5.35. The number of amides is 1. The molecule has 2 aromatic rings. The van der Waals surface area contributed by atoms with Crippen LogP contribution in [0.1, 0.15) is 56.3 Å². The average Bonchev–Trinajstić information content (AvgIpc) is 2.98. The topological polar surface area (TPSA) is 97.2 Å². The SMILES string of the molecule is Cc1ccc(NC(=O)CSc2nnc3n2CCCCC3)cc1S(=O)(=O)N1CCCCCC1. The largest absolute Gasteiger partial charge is 0.325 e. The van der Waals surface area contributed by atoms with Crippen LogP contribution >= 0.6 is 11.8 Å². The summed E-state index contributed by atoms with van der Waals surface area (Å²) in [6, 6.07) is 5.09. The molecule has 174 valence electrons. The van der Waals surface area contributed by atoms with Gasteiger partial charge in [-0.25, -0.2) is 8.42 Å². The Hall–Kier alpha value is -1.91. The molecule has 4 rings (SSSR count). The second-order valence-corrected chi connectivity index (χ2v) is 11.3. The van der Waals surface area contributed by atoms with Crippen molar-refractivity contribution < 1.29 is 13.2 Å². The molecule has 2 aliphatic heterocycles. The summed E-state index contributed by atoms with van der Waals surface area (Å²) in [6.45, 7) is 3.79. The zero-order valence-corrected chi connectivity index (χ0v) is 20.2. The van der Waals surface area contributed by atoms with E-state index in [1.807, 2.05) is 0 Å². The zero-order chi connectivity index (χ0) is 22.6. The van der Waals surface area contributed by atoms with Gasteiger partial charge in [0.1, 0.15) is 5.82 Å². The minimum Gasteiger partial charge on any atom is -0.325 e. The molecule has 2 aliphatic rings. The van der Waals surface area contributed by atoms with Crippen molar-refractivity contribution in [3.05, 3.63) is 29.6 Å². The van der Waals surface area contributed by atoms with Crippen molar-refractivity contribution in [2.24, 2.45) is 0 Å². The number of benzene rings is 1. The van der Waals surface area contributed by atoms with Crippen molar-refractivity contribution in [1.82, 2.24) is 19.1 Å². The average molecular weight is 478 g/mol. The summed E-state index contributed by atoms with van der Waals surface area (Å²) in [4.78, 5) is 12.9. The monoisotopic (exact) mass is 477 g/mol. The molecule has 32 heavy (non-hydrogen) atoms. The summed E-state index contributed by atoms with van der Waals surface area (Å²) in [7, 11) is -3.58. The van der Waals surface area contributed by atoms with Crippen LogP contribution < -0.4 is 5.32 Å². The Bertz CT molecular complexity index is 1060. The molecule has 1 fully saturated rings. The highest BCUT2D eigenvalue weighted by atomic mass is 32.2. The maximum absolute atomic E-state index is 13.2. The van der Waals surface area contributed by atoms with Crippen molar-refractivity contribution in [3.63, 3.8) is 0 Å². The summed E-state index contributed by atoms with van der Waals surface area (Å²) in [5.41, 5.74) is 1.18. The number of aryl methyl sites for hydroxylation is 2. The van der Waals surface area contributed by atoms with Crippen LogP contribution in [-0.2, 0) is 27.8 Å². The van der Waals surface area contributed by atoms with E-state index < -0.39 is 10.0 Å². The number of nitrogens with zero attached hydrogens (tertiary/aromatic N) is 4. The molecule has 1 saturated heterocycles. The van der Waals surface area contributed by atoms with E-state index in [0.717, 1.165) is 62.5 Å². The number of rotatable bonds is 6. The number of sulfonamides is 1. The molecule has 8 nitrogen and oxygen atoms in total. The lowest BCUT2D eigenvalue weighted by molar-refractivity contribution is -0.113. The summed E-state index contributed by atoms with van der Waals surface area (Å²) in [6.07, 6.45) is 8.24. The minimum absolute atomic E-state index is 0.192. The van der Waals surface area contributed by atoms with E-state index in [9.17, 15) is 13.2 Å². The molecule has 0 atom stereocenters. The van der Waals surface area contributed by atoms with Crippen molar-refractivity contribution in [3.8, 4) is 0 Å². The molecule has 1 aromatic heterocycles. The number of aromatic nitrogens is 3. The number of anilines is 1. The van der Waals surface area contributed by atoms with E-state index in [1.165, 1.54) is 18.2 Å². The van der Waals surface area contributed by atoms with Gasteiger partial charge in [-0.05, 0) is 50.3 Å². The number of thioether (sulfide) groups is 1. The molecular weight excluding hydrogens is 446 g/mol. The second kappa shape index (κ2) is 10.4. The zero-order valence-electron chi connectivity index (χ0n) is 18.5. The van der Waals surface area contributed by atoms with Crippen molar-refractivity contribution >= 4 is 33.4 Å². The Morgan fingerprint density at radius 3 is 2.53 bits per heavy atom. The molecule has 0 spiro atoms. The van der Waals surface area contributed by atoms with E-state index in [-0.39, 0.29) is 16.6 Å². The molecule has 1 amide bonds. The van der Waals surface area contributed by atoms with Gasteiger partial charge in [-0.15, -0.1) is 10.2 Å². The lowest BCUT2D eigenvalue weighted by atomic mass is 10.2. The smallest absolute Gasteiger partial charge is 0.243 e. The quantitative estimate of drug-likeness (QED) is 0.639. The van der Waals surface area contributed by atoms with E-state index in [1.54, 1.807) is 29.4 Å². The standard InChI is InChI=1S/C22H31N5O3S2/c1-17-10-11-18(15-19(17)32(29,30)26-12-6-2-3-7-13-26)23-21(28)16-31-22-25-24-20-9-5-4-8-14-27(20)22/h10-11,15H,2-9,12-14,16H2,1H3,(H,23,28). The number of hydrogen-bond donors (Lipinski definition) is 1. The van der Waals surface area contributed by atoms with Gasteiger partial charge in [0.25, 0.3) is 0 Å². The Morgan fingerprint density at radius 1 is 1.03 bits per heavy atom. The minimum atomic E-state index is -3.58. The first kappa shape index (κ1) is 23.3. The summed E-state index contributed by atoms with van der Waals surface area (Å²) >= 11 is 1.37. The highest BCUT2D eigenvalue weighted by Crippen LogP contribution is 2.26. The Labute approximate surface area is 194 Å². The van der Waals surface area contributed by atoms with Gasteiger partial charge in [-0.3, -0.25) is 4.79 Å². The molecule has 10 heteroatoms. The van der Waals surface area contributed by atoms with Gasteiger partial charge in [-0.1, -0.05) is 37.1 Å². The first-order chi connectivity index (χ1) is 15.4. The summed E-state index contributed by atoms with van der Waals surface area (Å²) in [5.74, 6) is 0.996. The van der Waals surface area contributed by atoms with Gasteiger partial charge in [-0.2, -0.15) is 4.31 Å². The normalized spacial score (nSPS) is 17.9. The molecule has 0 radical (unpaired) electrons. The van der Waals surface area contributed by atoms with Gasteiger partial charge in [0.05, 0.1) is 10.6 Å². The van der Waals surface area contributed by atoms with E-state index in [0.29, 0.717) is 24.3 Å². The van der Waals surface area contributed by atoms with Gasteiger partial charge in [0.2, 0.25) is 15.9 Å². The fourth-order valence-electron chi connectivity index (χ4n) is 4.27. The fourth-order valence-corrected chi connectivity index (χ4v) is 6.82. The third-order valence-electron chi connectivity index (χ3n) is 6.06. The number of carbonyl (C=O) groups excluding carboxylic acids is 1. The third-order valence-corrected chi connectivity index (χ3v) is 9.07. The van der Waals surface area contributed by atoms with Crippen molar-refractivity contribution in [2.75, 3.05) is 24.2 Å². The van der Waals surface area contributed by atoms with E-state index in [4.69, 9.17) is 0 Å². The lowest BCUT2D eigenvalue weighted by Crippen LogP contribution is -2.32. The van der Waals surface area contributed by atoms with Crippen molar-refractivity contribution in [1.29, 1.82) is 0 Å². The molecule has 0 unspecified atom stereocenters. The molecular formula is C22H31N5O3S2. The van der Waals surface area contributed by atoms with Crippen LogP contribution in [-0.4, -0.2) is 52.2 Å². The highest BCUT2D eigenvalue weighted by Gasteiger charge is 2.27. The van der Waals surface area contributed by atoms with Crippen molar-refractivity contribution in [2.45, 2.75) is 74.9 Å². The number of hydrogen-bond acceptors (Lipinski definition) is 6. The molecule has 0 aliphatic carbocycles. The van der Waals surface area contributed by atoms with Crippen LogP contribution in [0.2, 0.25) is 0 Å². The molecule has 0 bridgehead atoms. The van der Waals surface area contributed by atoms with E-state index in [2.05, 4.69) is 20.1 Å². The molecule has 3 heterocycles. The first-order valence-corrected chi connectivity index (χ1v) is 13.8. The Balaban J connectivity index is 1.42. The fraction of sp³-hybridized carbons (Fsp3) is 0.591. The Kier molecular flexibility index (Phi) is 7.52. The van der Waals surface area contributed by atoms with Crippen LogP contribution in [0.4, 0.5) is 5.69 Å². The molecule has 1 N–H and O–H groups in total. The summed E-state index contributed by atoms with van der Waals surface area (Å²) in [5, 5.41) is 12.1. The Morgan fingerprint density at radius 2 is 1.75 bits per heavy atom. The number of nitrogens with one attached hydrogen (secondary N) is 1. The predicted octanol–water partition coefficient (Wildman–Crippen LogP) is 3.61. The number of fused-ring (bicyclic) bond motifs is 1. The van der Waals surface area contributed by atoms with Crippen LogP contribution in [0.25, 0.3) is 0 Å². The van der Waals surface area contributed by atoms with E-state index >= 15 is 0 Å². The van der Waals surface area contributed by atoms with Gasteiger partial charge >= 0.3 is 0 Å². The first-order valence-electron chi connectivity index (χ1n) is 11.4. The lowest BCUT2D eigenvalue weighted by Gasteiger charge is -2.21. The maximum Gasteiger partial charge on any atom is 0.243 e.